The van der Waals surface area contributed by atoms with E-state index in [2.05, 4.69) is 18.0 Å². The molecule has 0 aliphatic heterocycles. The van der Waals surface area contributed by atoms with Crippen molar-refractivity contribution in [2.75, 3.05) is 0 Å². The van der Waals surface area contributed by atoms with Gasteiger partial charge >= 0.3 is 0 Å². The molecule has 0 bridgehead atoms. The molecule has 0 amide bonds. The summed E-state index contributed by atoms with van der Waals surface area (Å²) in [4.78, 5) is 4.30. The van der Waals surface area contributed by atoms with Gasteiger partial charge in [-0.3, -0.25) is 4.98 Å². The van der Waals surface area contributed by atoms with E-state index >= 15 is 0 Å². The topological polar surface area (TPSA) is 38.9 Å². The summed E-state index contributed by atoms with van der Waals surface area (Å²) in [5.74, 6) is 0. The average Bonchev–Trinajstić information content (AvgIpc) is 2.03. The molecule has 0 radical (unpaired) electrons. The summed E-state index contributed by atoms with van der Waals surface area (Å²) in [6.45, 7) is 6.08. The van der Waals surface area contributed by atoms with Gasteiger partial charge in [-0.15, -0.1) is 0 Å². The summed E-state index contributed by atoms with van der Waals surface area (Å²) >= 11 is 0. The lowest BCUT2D eigenvalue weighted by molar-refractivity contribution is 0.528. The van der Waals surface area contributed by atoms with Crippen LogP contribution in [0, 0.1) is 0 Å². The maximum absolute atomic E-state index is 5.97. The third-order valence-corrected chi connectivity index (χ3v) is 1.88. The Morgan fingerprint density at radius 2 is 2.17 bits per heavy atom. The summed E-state index contributed by atoms with van der Waals surface area (Å²) in [5.41, 5.74) is 7.89. The highest BCUT2D eigenvalue weighted by atomic mass is 14.8. The van der Waals surface area contributed by atoms with Gasteiger partial charge in [0.05, 0.1) is 11.2 Å². The largest absolute Gasteiger partial charge is 0.321 e. The quantitative estimate of drug-likeness (QED) is 0.724. The Kier molecular flexibility index (Phi) is 2.48. The third-order valence-electron chi connectivity index (χ3n) is 1.88. The van der Waals surface area contributed by atoms with Gasteiger partial charge in [0.2, 0.25) is 0 Å². The van der Waals surface area contributed by atoms with E-state index in [1.807, 2.05) is 19.9 Å². The van der Waals surface area contributed by atoms with Crippen molar-refractivity contribution in [3.8, 4) is 0 Å². The first-order valence-electron chi connectivity index (χ1n) is 4.29. The third kappa shape index (κ3) is 1.83. The number of aryl methyl sites for hydroxylation is 1. The van der Waals surface area contributed by atoms with Crippen LogP contribution in [0.25, 0.3) is 0 Å². The fourth-order valence-corrected chi connectivity index (χ4v) is 1.30. The van der Waals surface area contributed by atoms with Gasteiger partial charge in [0.25, 0.3) is 0 Å². The van der Waals surface area contributed by atoms with E-state index in [1.165, 1.54) is 5.56 Å². The molecule has 66 valence electrons. The summed E-state index contributed by atoms with van der Waals surface area (Å²) in [5, 5.41) is 0. The lowest BCUT2D eigenvalue weighted by atomic mass is 9.96. The van der Waals surface area contributed by atoms with Crippen LogP contribution in [0.4, 0.5) is 0 Å². The Hall–Kier alpha value is -0.890. The van der Waals surface area contributed by atoms with Crippen LogP contribution < -0.4 is 5.73 Å². The molecule has 0 atom stereocenters. The van der Waals surface area contributed by atoms with Gasteiger partial charge in [-0.2, -0.15) is 0 Å². The van der Waals surface area contributed by atoms with E-state index in [-0.39, 0.29) is 5.54 Å². The van der Waals surface area contributed by atoms with Crippen molar-refractivity contribution in [3.05, 3.63) is 29.6 Å². The summed E-state index contributed by atoms with van der Waals surface area (Å²) in [7, 11) is 0. The fraction of sp³-hybridized carbons (Fsp3) is 0.500. The highest BCUT2D eigenvalue weighted by Crippen LogP contribution is 2.18. The Morgan fingerprint density at radius 1 is 1.50 bits per heavy atom. The molecular formula is C10H16N2. The molecule has 2 nitrogen and oxygen atoms in total. The van der Waals surface area contributed by atoms with Gasteiger partial charge in [0.15, 0.2) is 0 Å². The first kappa shape index (κ1) is 9.20. The van der Waals surface area contributed by atoms with Crippen LogP contribution >= 0.6 is 0 Å². The molecule has 2 heteroatoms. The highest BCUT2D eigenvalue weighted by molar-refractivity contribution is 5.25. The van der Waals surface area contributed by atoms with Crippen LogP contribution in [0.15, 0.2) is 18.3 Å². The molecule has 1 aromatic heterocycles. The van der Waals surface area contributed by atoms with Crippen molar-refractivity contribution in [1.29, 1.82) is 0 Å². The van der Waals surface area contributed by atoms with Crippen LogP contribution in [-0.2, 0) is 12.0 Å². The Labute approximate surface area is 73.8 Å². The zero-order valence-electron chi connectivity index (χ0n) is 7.96. The minimum Gasteiger partial charge on any atom is -0.321 e. The van der Waals surface area contributed by atoms with E-state index in [1.54, 1.807) is 6.20 Å². The predicted octanol–water partition coefficient (Wildman–Crippen LogP) is 1.84. The van der Waals surface area contributed by atoms with Gasteiger partial charge in [-0.1, -0.05) is 13.0 Å². The molecule has 0 aliphatic rings. The molecule has 0 spiro atoms. The van der Waals surface area contributed by atoms with Gasteiger partial charge in [0, 0.05) is 6.20 Å². The number of nitrogens with zero attached hydrogens (tertiary/aromatic N) is 1. The Bertz CT molecular complexity index is 261. The second kappa shape index (κ2) is 3.23. The monoisotopic (exact) mass is 164 g/mol. The predicted molar refractivity (Wildman–Crippen MR) is 50.8 cm³/mol. The first-order valence-corrected chi connectivity index (χ1v) is 4.29. The molecule has 1 heterocycles. The van der Waals surface area contributed by atoms with Crippen LogP contribution in [0.1, 0.15) is 32.0 Å². The molecule has 0 saturated heterocycles. The molecule has 1 rings (SSSR count). The average molecular weight is 164 g/mol. The SMILES string of the molecule is CCc1cccnc1C(C)(C)N. The summed E-state index contributed by atoms with van der Waals surface area (Å²) in [6.07, 6.45) is 2.78. The Morgan fingerprint density at radius 3 is 2.58 bits per heavy atom. The number of aromatic nitrogens is 1. The van der Waals surface area contributed by atoms with Gasteiger partial charge in [0.1, 0.15) is 0 Å². The van der Waals surface area contributed by atoms with Gasteiger partial charge in [-0.25, -0.2) is 0 Å². The number of pyridine rings is 1. The number of rotatable bonds is 2. The molecule has 0 fully saturated rings. The maximum Gasteiger partial charge on any atom is 0.0628 e. The van der Waals surface area contributed by atoms with Crippen LogP contribution in [0.5, 0.6) is 0 Å². The summed E-state index contributed by atoms with van der Waals surface area (Å²) < 4.78 is 0. The zero-order chi connectivity index (χ0) is 9.19. The molecule has 12 heavy (non-hydrogen) atoms. The second-order valence-electron chi connectivity index (χ2n) is 3.59. The van der Waals surface area contributed by atoms with Gasteiger partial charge < -0.3 is 5.73 Å². The second-order valence-corrected chi connectivity index (χ2v) is 3.59. The van der Waals surface area contributed by atoms with E-state index in [0.29, 0.717) is 0 Å². The summed E-state index contributed by atoms with van der Waals surface area (Å²) in [6, 6.07) is 4.03. The standard InChI is InChI=1S/C10H16N2/c1-4-8-6-5-7-12-9(8)10(2,3)11/h5-7H,4,11H2,1-3H3. The lowest BCUT2D eigenvalue weighted by Crippen LogP contribution is -2.31. The molecule has 2 N–H and O–H groups in total. The highest BCUT2D eigenvalue weighted by Gasteiger charge is 2.18. The van der Waals surface area contributed by atoms with Crippen molar-refractivity contribution in [1.82, 2.24) is 4.98 Å². The molecule has 0 aromatic carbocycles. The maximum atomic E-state index is 5.97. The van der Waals surface area contributed by atoms with Crippen molar-refractivity contribution < 1.29 is 0 Å². The van der Waals surface area contributed by atoms with Crippen LogP contribution in [-0.4, -0.2) is 4.98 Å². The van der Waals surface area contributed by atoms with Crippen molar-refractivity contribution in [3.63, 3.8) is 0 Å². The fourth-order valence-electron chi connectivity index (χ4n) is 1.30. The first-order chi connectivity index (χ1) is 5.55. The minimum atomic E-state index is -0.327. The molecule has 0 aliphatic carbocycles. The molecule has 0 unspecified atom stereocenters. The van der Waals surface area contributed by atoms with Crippen molar-refractivity contribution in [2.24, 2.45) is 5.73 Å². The zero-order valence-corrected chi connectivity index (χ0v) is 7.96. The normalized spacial score (nSPS) is 11.7. The van der Waals surface area contributed by atoms with Crippen LogP contribution in [0.2, 0.25) is 0 Å². The van der Waals surface area contributed by atoms with Gasteiger partial charge in [-0.05, 0) is 31.9 Å². The Balaban J connectivity index is 3.14. The number of hydrogen-bond donors (Lipinski definition) is 1. The van der Waals surface area contributed by atoms with E-state index < -0.39 is 0 Å². The molecular weight excluding hydrogens is 148 g/mol. The lowest BCUT2D eigenvalue weighted by Gasteiger charge is -2.20. The molecule has 1 aromatic rings. The number of nitrogens with two attached hydrogens (primary N) is 1. The van der Waals surface area contributed by atoms with Crippen molar-refractivity contribution >= 4 is 0 Å². The van der Waals surface area contributed by atoms with E-state index in [0.717, 1.165) is 12.1 Å². The van der Waals surface area contributed by atoms with E-state index in [4.69, 9.17) is 5.73 Å². The number of hydrogen-bond acceptors (Lipinski definition) is 2. The van der Waals surface area contributed by atoms with E-state index in [9.17, 15) is 0 Å². The van der Waals surface area contributed by atoms with Crippen molar-refractivity contribution in [2.45, 2.75) is 32.7 Å². The molecule has 0 saturated carbocycles. The minimum absolute atomic E-state index is 0.327. The smallest absolute Gasteiger partial charge is 0.0628 e. The van der Waals surface area contributed by atoms with Crippen LogP contribution in [0.3, 0.4) is 0 Å².